The molecule has 0 radical (unpaired) electrons. The van der Waals surface area contributed by atoms with Crippen LogP contribution in [0.3, 0.4) is 0 Å². The molecule has 298 valence electrons. The number of thioether (sulfide) groups is 1. The van der Waals surface area contributed by atoms with Crippen LogP contribution in [0, 0.1) is 0 Å². The van der Waals surface area contributed by atoms with Gasteiger partial charge in [0.1, 0.15) is 19.0 Å². The average Bonchev–Trinajstić information content (AvgIpc) is 3.19. The summed E-state index contributed by atoms with van der Waals surface area (Å²) in [5.74, 6) is 0.338. The molecule has 0 spiro atoms. The molecule has 0 aliphatic carbocycles. The van der Waals surface area contributed by atoms with E-state index < -0.39 is 10.7 Å². The van der Waals surface area contributed by atoms with Gasteiger partial charge in [-0.25, -0.2) is 0 Å². The van der Waals surface area contributed by atoms with E-state index in [9.17, 15) is 14.4 Å². The molecule has 5 N–H and O–H groups in total. The van der Waals surface area contributed by atoms with E-state index in [1.807, 2.05) is 31.2 Å². The molecule has 13 nitrogen and oxygen atoms in total. The summed E-state index contributed by atoms with van der Waals surface area (Å²) >= 11 is 1.77. The van der Waals surface area contributed by atoms with Crippen LogP contribution in [0.2, 0.25) is 0 Å². The second kappa shape index (κ2) is 29.4. The Kier molecular flexibility index (Phi) is 25.1. The smallest absolute Gasteiger partial charge is 0.303 e. The first-order chi connectivity index (χ1) is 26.4. The van der Waals surface area contributed by atoms with Crippen LogP contribution < -0.4 is 21.1 Å². The molecule has 0 heterocycles. The topological polar surface area (TPSA) is 177 Å². The summed E-state index contributed by atoms with van der Waals surface area (Å²) in [5.41, 5.74) is 8.76. The molecule has 0 unspecified atom stereocenters. The number of carboxylic acids is 1. The van der Waals surface area contributed by atoms with Crippen molar-refractivity contribution in [3.05, 3.63) is 102 Å². The van der Waals surface area contributed by atoms with Crippen LogP contribution >= 0.6 is 11.8 Å². The van der Waals surface area contributed by atoms with Gasteiger partial charge in [-0.15, -0.1) is 11.8 Å². The van der Waals surface area contributed by atoms with Crippen LogP contribution in [0.25, 0.3) is 0 Å². The fraction of sp³-hybridized carbons (Fsp3) is 0.475. The number of hydrogen-bond acceptors (Lipinski definition) is 11. The van der Waals surface area contributed by atoms with Crippen LogP contribution in [0.15, 0.2) is 84.9 Å². The summed E-state index contributed by atoms with van der Waals surface area (Å²) in [4.78, 5) is 33.9. The molecule has 0 saturated heterocycles. The summed E-state index contributed by atoms with van der Waals surface area (Å²) in [7, 11) is 1.66. The molecule has 2 amide bonds. The lowest BCUT2D eigenvalue weighted by Gasteiger charge is -2.35. The molecular formula is C40H57N3O10S. The summed E-state index contributed by atoms with van der Waals surface area (Å²) in [6, 6.07) is 29.0. The lowest BCUT2D eigenvalue weighted by atomic mass is 9.84. The van der Waals surface area contributed by atoms with E-state index in [1.54, 1.807) is 18.9 Å². The van der Waals surface area contributed by atoms with E-state index in [1.165, 1.54) is 0 Å². The first kappa shape index (κ1) is 46.1. The molecule has 0 saturated carbocycles. The van der Waals surface area contributed by atoms with E-state index >= 15 is 0 Å². The van der Waals surface area contributed by atoms with Crippen molar-refractivity contribution in [2.24, 2.45) is 5.73 Å². The second-order valence-corrected chi connectivity index (χ2v) is 12.9. The Morgan fingerprint density at radius 2 is 1.11 bits per heavy atom. The quantitative estimate of drug-likeness (QED) is 0.0621. The molecule has 3 rings (SSSR count). The molecule has 3 aromatic carbocycles. The third-order valence-corrected chi connectivity index (χ3v) is 9.03. The van der Waals surface area contributed by atoms with E-state index in [-0.39, 0.29) is 38.2 Å². The van der Waals surface area contributed by atoms with Gasteiger partial charge in [0.25, 0.3) is 0 Å². The second-order valence-electron chi connectivity index (χ2n) is 11.6. The van der Waals surface area contributed by atoms with Crippen molar-refractivity contribution in [1.29, 1.82) is 0 Å². The fourth-order valence-corrected chi connectivity index (χ4v) is 6.39. The van der Waals surface area contributed by atoms with Gasteiger partial charge in [0, 0.05) is 31.8 Å². The standard InChI is InChI=1S/C36H49N3O8S.C4H8O2/c1-42-33-14-12-32(13-15-33)36(30-8-4-2-5-9-30,31-10-6-3-7-11-31)48-27-18-39-35(41)29-47-26-24-45-23-25-46-28-34(40)38-17-20-44-22-21-43-19-16-37;1-2-3-4(5)6/h2-15H,16-29,37H2,1H3,(H,38,40)(H,39,41);2-3H2,1H3,(H,5,6). The predicted octanol–water partition coefficient (Wildman–Crippen LogP) is 3.87. The number of ether oxygens (including phenoxy) is 6. The molecule has 0 aromatic heterocycles. The molecular weight excluding hydrogens is 715 g/mol. The number of amides is 2. The summed E-state index contributed by atoms with van der Waals surface area (Å²) < 4.78 is 31.7. The molecule has 0 atom stereocenters. The van der Waals surface area contributed by atoms with E-state index in [2.05, 4.69) is 71.3 Å². The average molecular weight is 772 g/mol. The largest absolute Gasteiger partial charge is 0.497 e. The Balaban J connectivity index is 0.00000155. The summed E-state index contributed by atoms with van der Waals surface area (Å²) in [6.45, 7) is 6.05. The number of methoxy groups -OCH3 is 1. The van der Waals surface area contributed by atoms with Gasteiger partial charge in [0.15, 0.2) is 0 Å². The normalized spacial score (nSPS) is 10.9. The van der Waals surface area contributed by atoms with E-state index in [0.717, 1.165) is 28.9 Å². The Morgan fingerprint density at radius 3 is 1.57 bits per heavy atom. The van der Waals surface area contributed by atoms with Crippen molar-refractivity contribution >= 4 is 29.5 Å². The van der Waals surface area contributed by atoms with E-state index in [4.69, 9.17) is 39.3 Å². The number of benzene rings is 3. The highest BCUT2D eigenvalue weighted by Gasteiger charge is 2.36. The third kappa shape index (κ3) is 18.8. The summed E-state index contributed by atoms with van der Waals surface area (Å²) in [5, 5.41) is 13.6. The minimum Gasteiger partial charge on any atom is -0.497 e. The zero-order valence-corrected chi connectivity index (χ0v) is 32.3. The van der Waals surface area contributed by atoms with Crippen molar-refractivity contribution in [3.63, 3.8) is 0 Å². The van der Waals surface area contributed by atoms with Gasteiger partial charge in [0.2, 0.25) is 11.8 Å². The maximum atomic E-state index is 12.5. The number of hydrogen-bond donors (Lipinski definition) is 4. The van der Waals surface area contributed by atoms with Gasteiger partial charge in [-0.1, -0.05) is 79.7 Å². The van der Waals surface area contributed by atoms with E-state index in [0.29, 0.717) is 71.4 Å². The fourth-order valence-electron chi connectivity index (χ4n) is 4.97. The highest BCUT2D eigenvalue weighted by molar-refractivity contribution is 8.00. The van der Waals surface area contributed by atoms with Crippen molar-refractivity contribution in [2.75, 3.05) is 98.6 Å². The Hall–Kier alpha value is -4.02. The number of nitrogens with two attached hydrogens (primary N) is 1. The zero-order valence-electron chi connectivity index (χ0n) is 31.5. The van der Waals surface area contributed by atoms with Gasteiger partial charge in [-0.2, -0.15) is 0 Å². The molecule has 3 aromatic rings. The number of aliphatic carboxylic acids is 1. The van der Waals surface area contributed by atoms with Gasteiger partial charge < -0.3 is 49.9 Å². The van der Waals surface area contributed by atoms with Crippen LogP contribution in [-0.4, -0.2) is 121 Å². The van der Waals surface area contributed by atoms with Crippen LogP contribution in [0.1, 0.15) is 36.5 Å². The van der Waals surface area contributed by atoms with Gasteiger partial charge in [0.05, 0.1) is 64.7 Å². The number of carboxylic acid groups (broad SMARTS) is 1. The SMILES string of the molecule is CCCC(=O)O.COc1ccc(C(SCCNC(=O)COCCOCCOCC(=O)NCCOCCOCCN)(c2ccccc2)c2ccccc2)cc1. The first-order valence-electron chi connectivity index (χ1n) is 18.1. The maximum Gasteiger partial charge on any atom is 0.303 e. The molecule has 0 aliphatic heterocycles. The lowest BCUT2D eigenvalue weighted by molar-refractivity contribution is -0.137. The van der Waals surface area contributed by atoms with Gasteiger partial charge >= 0.3 is 5.97 Å². The molecule has 14 heteroatoms. The summed E-state index contributed by atoms with van der Waals surface area (Å²) in [6.07, 6.45) is 1.02. The molecule has 0 fully saturated rings. The third-order valence-electron chi connectivity index (χ3n) is 7.48. The van der Waals surface area contributed by atoms with Crippen molar-refractivity contribution in [3.8, 4) is 5.75 Å². The minimum absolute atomic E-state index is 0.0594. The van der Waals surface area contributed by atoms with Gasteiger partial charge in [-0.05, 0) is 35.2 Å². The van der Waals surface area contributed by atoms with Crippen LogP contribution in [0.5, 0.6) is 5.75 Å². The minimum atomic E-state index is -0.711. The number of carbonyl (C=O) groups excluding carboxylic acids is 2. The molecule has 54 heavy (non-hydrogen) atoms. The van der Waals surface area contributed by atoms with Crippen molar-refractivity contribution < 1.29 is 47.9 Å². The molecule has 0 bridgehead atoms. The Morgan fingerprint density at radius 1 is 0.648 bits per heavy atom. The number of carbonyl (C=O) groups is 3. The Labute approximate surface area is 323 Å². The number of rotatable bonds is 28. The van der Waals surface area contributed by atoms with Gasteiger partial charge in [-0.3, -0.25) is 14.4 Å². The predicted molar refractivity (Wildman–Crippen MR) is 210 cm³/mol. The first-order valence-corrected chi connectivity index (χ1v) is 19.1. The van der Waals surface area contributed by atoms with Crippen molar-refractivity contribution in [1.82, 2.24) is 10.6 Å². The van der Waals surface area contributed by atoms with Crippen LogP contribution in [-0.2, 0) is 42.8 Å². The highest BCUT2D eigenvalue weighted by Crippen LogP contribution is 2.48. The zero-order chi connectivity index (χ0) is 39.1. The lowest BCUT2D eigenvalue weighted by Crippen LogP contribution is -2.32. The Bertz CT molecular complexity index is 1380. The van der Waals surface area contributed by atoms with Crippen molar-refractivity contribution in [2.45, 2.75) is 24.5 Å². The maximum absolute atomic E-state index is 12.5. The highest BCUT2D eigenvalue weighted by atomic mass is 32.2. The number of nitrogens with one attached hydrogen (secondary N) is 2. The molecule has 0 aliphatic rings. The van der Waals surface area contributed by atoms with Crippen LogP contribution in [0.4, 0.5) is 0 Å². The monoisotopic (exact) mass is 771 g/mol.